The van der Waals surface area contributed by atoms with Crippen LogP contribution in [0, 0.1) is 12.7 Å². The minimum Gasteiger partial charge on any atom is -0.364 e. The van der Waals surface area contributed by atoms with Gasteiger partial charge in [0, 0.05) is 17.5 Å². The minimum absolute atomic E-state index is 0.332. The Balaban J connectivity index is 1.79. The SMILES string of the molecule is Cc1ccc(-n2c(SCc3ccon3)nnc2-c2ccccc2F)cc1. The van der Waals surface area contributed by atoms with Gasteiger partial charge in [0.2, 0.25) is 0 Å². The van der Waals surface area contributed by atoms with Crippen LogP contribution in [0.15, 0.2) is 70.5 Å². The van der Waals surface area contributed by atoms with E-state index in [1.807, 2.05) is 35.8 Å². The molecule has 0 bridgehead atoms. The van der Waals surface area contributed by atoms with E-state index in [1.165, 1.54) is 24.1 Å². The Hall–Kier alpha value is -2.93. The molecular formula is C19H15FN4OS. The van der Waals surface area contributed by atoms with Crippen LogP contribution < -0.4 is 0 Å². The van der Waals surface area contributed by atoms with E-state index in [1.54, 1.807) is 24.3 Å². The average Bonchev–Trinajstić information content (AvgIpc) is 3.31. The molecule has 0 unspecified atom stereocenters. The van der Waals surface area contributed by atoms with Gasteiger partial charge in [-0.3, -0.25) is 4.57 Å². The number of aromatic nitrogens is 4. The summed E-state index contributed by atoms with van der Waals surface area (Å²) in [5.41, 5.74) is 3.24. The van der Waals surface area contributed by atoms with E-state index in [-0.39, 0.29) is 5.82 Å². The maximum absolute atomic E-state index is 14.3. The van der Waals surface area contributed by atoms with Crippen molar-refractivity contribution >= 4 is 11.8 Å². The zero-order valence-electron chi connectivity index (χ0n) is 14.0. The zero-order chi connectivity index (χ0) is 17.9. The molecule has 0 saturated heterocycles. The van der Waals surface area contributed by atoms with E-state index in [9.17, 15) is 4.39 Å². The third-order valence-corrected chi connectivity index (χ3v) is 4.84. The molecule has 0 amide bonds. The van der Waals surface area contributed by atoms with Crippen molar-refractivity contribution in [3.05, 3.63) is 77.9 Å². The highest BCUT2D eigenvalue weighted by Crippen LogP contribution is 2.30. The van der Waals surface area contributed by atoms with Crippen molar-refractivity contribution in [1.82, 2.24) is 19.9 Å². The monoisotopic (exact) mass is 366 g/mol. The number of hydrogen-bond acceptors (Lipinski definition) is 5. The Bertz CT molecular complexity index is 1010. The van der Waals surface area contributed by atoms with E-state index in [2.05, 4.69) is 15.4 Å². The first-order valence-corrected chi connectivity index (χ1v) is 9.00. The predicted molar refractivity (Wildman–Crippen MR) is 97.6 cm³/mol. The molecule has 4 rings (SSSR count). The lowest BCUT2D eigenvalue weighted by molar-refractivity contribution is 0.414. The van der Waals surface area contributed by atoms with Gasteiger partial charge >= 0.3 is 0 Å². The van der Waals surface area contributed by atoms with E-state index in [0.717, 1.165) is 16.9 Å². The summed E-state index contributed by atoms with van der Waals surface area (Å²) in [6.45, 7) is 2.02. The lowest BCUT2D eigenvalue weighted by Crippen LogP contribution is -2.01. The first-order valence-electron chi connectivity index (χ1n) is 8.02. The largest absolute Gasteiger partial charge is 0.364 e. The lowest BCUT2D eigenvalue weighted by Gasteiger charge is -2.11. The van der Waals surface area contributed by atoms with Crippen LogP contribution in [0.3, 0.4) is 0 Å². The number of nitrogens with zero attached hydrogens (tertiary/aromatic N) is 4. The highest BCUT2D eigenvalue weighted by molar-refractivity contribution is 7.98. The van der Waals surface area contributed by atoms with Crippen molar-refractivity contribution in [3.8, 4) is 17.1 Å². The number of benzene rings is 2. The van der Waals surface area contributed by atoms with Gasteiger partial charge in [-0.1, -0.05) is 46.7 Å². The summed E-state index contributed by atoms with van der Waals surface area (Å²) in [4.78, 5) is 0. The van der Waals surface area contributed by atoms with Crippen LogP contribution in [-0.2, 0) is 5.75 Å². The van der Waals surface area contributed by atoms with Crippen molar-refractivity contribution < 1.29 is 8.91 Å². The van der Waals surface area contributed by atoms with Gasteiger partial charge in [-0.2, -0.15) is 0 Å². The van der Waals surface area contributed by atoms with Crippen LogP contribution in [0.4, 0.5) is 4.39 Å². The highest BCUT2D eigenvalue weighted by atomic mass is 32.2. The fraction of sp³-hybridized carbons (Fsp3) is 0.105. The molecule has 0 aliphatic rings. The normalized spacial score (nSPS) is 11.0. The van der Waals surface area contributed by atoms with Crippen LogP contribution in [0.25, 0.3) is 17.1 Å². The van der Waals surface area contributed by atoms with Gasteiger partial charge in [-0.25, -0.2) is 4.39 Å². The first-order chi connectivity index (χ1) is 12.7. The molecule has 4 aromatic rings. The standard InChI is InChI=1S/C19H15FN4OS/c1-13-6-8-15(9-7-13)24-18(16-4-2-3-5-17(16)20)21-22-19(24)26-12-14-10-11-25-23-14/h2-11H,12H2,1H3. The van der Waals surface area contributed by atoms with Crippen LogP contribution in [0.2, 0.25) is 0 Å². The number of hydrogen-bond donors (Lipinski definition) is 0. The average molecular weight is 366 g/mol. The summed E-state index contributed by atoms with van der Waals surface area (Å²) >= 11 is 1.47. The second-order valence-corrected chi connectivity index (χ2v) is 6.68. The molecule has 7 heteroatoms. The molecule has 2 heterocycles. The molecule has 0 radical (unpaired) electrons. The third kappa shape index (κ3) is 3.25. The smallest absolute Gasteiger partial charge is 0.196 e. The molecule has 26 heavy (non-hydrogen) atoms. The second-order valence-electron chi connectivity index (χ2n) is 5.74. The summed E-state index contributed by atoms with van der Waals surface area (Å²) in [6.07, 6.45) is 1.53. The summed E-state index contributed by atoms with van der Waals surface area (Å²) in [7, 11) is 0. The summed E-state index contributed by atoms with van der Waals surface area (Å²) in [6, 6.07) is 16.3. The lowest BCUT2D eigenvalue weighted by atomic mass is 10.2. The molecule has 0 fully saturated rings. The molecule has 0 atom stereocenters. The number of aryl methyl sites for hydroxylation is 1. The Labute approximate surface area is 153 Å². The Morgan fingerprint density at radius 2 is 1.85 bits per heavy atom. The highest BCUT2D eigenvalue weighted by Gasteiger charge is 2.18. The van der Waals surface area contributed by atoms with E-state index >= 15 is 0 Å². The molecule has 0 saturated carbocycles. The van der Waals surface area contributed by atoms with Gasteiger partial charge in [-0.05, 0) is 31.2 Å². The molecule has 0 aliphatic carbocycles. The number of halogens is 1. The molecular weight excluding hydrogens is 351 g/mol. The fourth-order valence-corrected chi connectivity index (χ4v) is 3.40. The topological polar surface area (TPSA) is 56.7 Å². The summed E-state index contributed by atoms with van der Waals surface area (Å²) < 4.78 is 21.1. The maximum Gasteiger partial charge on any atom is 0.196 e. The fourth-order valence-electron chi connectivity index (χ4n) is 2.56. The van der Waals surface area contributed by atoms with Gasteiger partial charge in [0.25, 0.3) is 0 Å². The van der Waals surface area contributed by atoms with Crippen molar-refractivity contribution in [2.75, 3.05) is 0 Å². The Morgan fingerprint density at radius 1 is 1.04 bits per heavy atom. The summed E-state index contributed by atoms with van der Waals surface area (Å²) in [5.74, 6) is 0.716. The van der Waals surface area contributed by atoms with Gasteiger partial charge in [0.05, 0.1) is 11.3 Å². The summed E-state index contributed by atoms with van der Waals surface area (Å²) in [5, 5.41) is 13.1. The van der Waals surface area contributed by atoms with Crippen LogP contribution in [0.5, 0.6) is 0 Å². The van der Waals surface area contributed by atoms with Crippen molar-refractivity contribution in [1.29, 1.82) is 0 Å². The van der Waals surface area contributed by atoms with Crippen LogP contribution >= 0.6 is 11.8 Å². The van der Waals surface area contributed by atoms with Gasteiger partial charge in [-0.15, -0.1) is 10.2 Å². The van der Waals surface area contributed by atoms with Crippen molar-refractivity contribution in [2.45, 2.75) is 17.8 Å². The molecule has 5 nitrogen and oxygen atoms in total. The zero-order valence-corrected chi connectivity index (χ0v) is 14.8. The predicted octanol–water partition coefficient (Wildman–Crippen LogP) is 4.66. The van der Waals surface area contributed by atoms with Crippen LogP contribution in [0.1, 0.15) is 11.3 Å². The van der Waals surface area contributed by atoms with E-state index in [0.29, 0.717) is 22.3 Å². The molecule has 130 valence electrons. The Kier molecular flexibility index (Phi) is 4.53. The number of rotatable bonds is 5. The quantitative estimate of drug-likeness (QED) is 0.481. The third-order valence-electron chi connectivity index (χ3n) is 3.88. The van der Waals surface area contributed by atoms with Gasteiger partial charge < -0.3 is 4.52 Å². The van der Waals surface area contributed by atoms with Gasteiger partial charge in [0.15, 0.2) is 11.0 Å². The Morgan fingerprint density at radius 3 is 2.58 bits per heavy atom. The first kappa shape index (κ1) is 16.5. The van der Waals surface area contributed by atoms with E-state index < -0.39 is 0 Å². The minimum atomic E-state index is -0.332. The maximum atomic E-state index is 14.3. The molecule has 0 aliphatic heterocycles. The van der Waals surface area contributed by atoms with Crippen molar-refractivity contribution in [3.63, 3.8) is 0 Å². The second kappa shape index (κ2) is 7.13. The molecule has 0 spiro atoms. The molecule has 0 N–H and O–H groups in total. The van der Waals surface area contributed by atoms with Gasteiger partial charge in [0.1, 0.15) is 12.1 Å². The molecule has 2 aromatic heterocycles. The molecule has 2 aromatic carbocycles. The van der Waals surface area contributed by atoms with E-state index in [4.69, 9.17) is 4.52 Å². The van der Waals surface area contributed by atoms with Crippen molar-refractivity contribution in [2.24, 2.45) is 0 Å². The van der Waals surface area contributed by atoms with Crippen LogP contribution in [-0.4, -0.2) is 19.9 Å². The number of thioether (sulfide) groups is 1.